The normalized spacial score (nSPS) is 12.3. The van der Waals surface area contributed by atoms with Crippen molar-refractivity contribution in [2.45, 2.75) is 45.8 Å². The molecule has 2 aromatic rings. The van der Waals surface area contributed by atoms with Gasteiger partial charge in [-0.15, -0.1) is 0 Å². The number of benzene rings is 2. The van der Waals surface area contributed by atoms with E-state index in [-0.39, 0.29) is 25.0 Å². The van der Waals surface area contributed by atoms with Gasteiger partial charge in [0.1, 0.15) is 11.8 Å². The van der Waals surface area contributed by atoms with Crippen molar-refractivity contribution >= 4 is 62.5 Å². The molecule has 0 radical (unpaired) electrons. The van der Waals surface area contributed by atoms with Crippen LogP contribution < -0.4 is 10.1 Å². The molecule has 0 saturated carbocycles. The van der Waals surface area contributed by atoms with Crippen LogP contribution in [0.25, 0.3) is 0 Å². The lowest BCUT2D eigenvalue weighted by Gasteiger charge is -2.31. The Bertz CT molecular complexity index is 964. The molecule has 168 valence electrons. The van der Waals surface area contributed by atoms with E-state index >= 15 is 0 Å². The Morgan fingerprint density at radius 2 is 1.77 bits per heavy atom. The average Bonchev–Trinajstić information content (AvgIpc) is 2.64. The number of amides is 2. The summed E-state index contributed by atoms with van der Waals surface area (Å²) in [5.74, 6) is -0.302. The molecule has 0 aromatic heterocycles. The van der Waals surface area contributed by atoms with Crippen LogP contribution in [0.3, 0.4) is 0 Å². The molecule has 0 aliphatic carbocycles. The van der Waals surface area contributed by atoms with E-state index in [0.29, 0.717) is 26.4 Å². The van der Waals surface area contributed by atoms with Crippen molar-refractivity contribution in [2.24, 2.45) is 0 Å². The predicted molar refractivity (Wildman–Crippen MR) is 129 cm³/mol. The van der Waals surface area contributed by atoms with Crippen LogP contribution in [0, 0.1) is 0 Å². The number of nitrogens with zero attached hydrogens (tertiary/aromatic N) is 1. The summed E-state index contributed by atoms with van der Waals surface area (Å²) in [6, 6.07) is 9.34. The largest absolute Gasteiger partial charge is 0.482 e. The van der Waals surface area contributed by atoms with Gasteiger partial charge in [0.25, 0.3) is 5.91 Å². The highest BCUT2D eigenvalue weighted by molar-refractivity contribution is 9.10. The number of halogens is 4. The second-order valence-electron chi connectivity index (χ2n) is 8.04. The van der Waals surface area contributed by atoms with E-state index in [9.17, 15) is 9.59 Å². The van der Waals surface area contributed by atoms with Gasteiger partial charge in [0.15, 0.2) is 6.61 Å². The summed E-state index contributed by atoms with van der Waals surface area (Å²) in [6.45, 7) is 7.11. The average molecular weight is 551 g/mol. The molecule has 5 nitrogen and oxygen atoms in total. The summed E-state index contributed by atoms with van der Waals surface area (Å²) in [4.78, 5) is 27.3. The van der Waals surface area contributed by atoms with Crippen LogP contribution in [0.2, 0.25) is 15.1 Å². The fourth-order valence-electron chi connectivity index (χ4n) is 2.70. The maximum absolute atomic E-state index is 13.1. The van der Waals surface area contributed by atoms with E-state index in [0.717, 1.165) is 4.47 Å². The third-order valence-corrected chi connectivity index (χ3v) is 5.64. The summed E-state index contributed by atoms with van der Waals surface area (Å²) < 4.78 is 6.42. The second-order valence-corrected chi connectivity index (χ2v) is 10.2. The Kier molecular flexibility index (Phi) is 9.07. The van der Waals surface area contributed by atoms with Crippen molar-refractivity contribution in [3.63, 3.8) is 0 Å². The monoisotopic (exact) mass is 548 g/mol. The molecule has 0 bridgehead atoms. The molecule has 0 spiro atoms. The third kappa shape index (κ3) is 7.86. The highest BCUT2D eigenvalue weighted by atomic mass is 79.9. The Hall–Kier alpha value is -1.47. The topological polar surface area (TPSA) is 58.6 Å². The van der Waals surface area contributed by atoms with Gasteiger partial charge in [-0.25, -0.2) is 0 Å². The number of nitrogens with one attached hydrogen (secondary N) is 1. The highest BCUT2D eigenvalue weighted by Gasteiger charge is 2.29. The number of hydrogen-bond donors (Lipinski definition) is 1. The SMILES string of the molecule is C[C@@H](C(=O)NC(C)(C)C)N(Cc1ccc(Cl)cc1Cl)C(=O)COc1ccc(Br)cc1Cl. The van der Waals surface area contributed by atoms with Crippen LogP contribution >= 0.6 is 50.7 Å². The molecule has 9 heteroatoms. The Labute approximate surface area is 206 Å². The van der Waals surface area contributed by atoms with Crippen molar-refractivity contribution in [3.8, 4) is 5.75 Å². The van der Waals surface area contributed by atoms with Crippen molar-refractivity contribution < 1.29 is 14.3 Å². The smallest absolute Gasteiger partial charge is 0.261 e. The first-order valence-electron chi connectivity index (χ1n) is 9.50. The molecular weight excluding hydrogens is 527 g/mol. The van der Waals surface area contributed by atoms with Crippen molar-refractivity contribution in [1.29, 1.82) is 0 Å². The van der Waals surface area contributed by atoms with Gasteiger partial charge in [0.2, 0.25) is 5.91 Å². The van der Waals surface area contributed by atoms with Gasteiger partial charge in [-0.05, 0) is 63.6 Å². The molecule has 0 heterocycles. The van der Waals surface area contributed by atoms with E-state index in [2.05, 4.69) is 21.2 Å². The van der Waals surface area contributed by atoms with E-state index in [1.165, 1.54) is 4.90 Å². The Morgan fingerprint density at radius 1 is 1.10 bits per heavy atom. The molecule has 0 aliphatic heterocycles. The molecule has 2 amide bonds. The zero-order valence-corrected chi connectivity index (χ0v) is 21.5. The van der Waals surface area contributed by atoms with Gasteiger partial charge < -0.3 is 15.0 Å². The molecule has 0 unspecified atom stereocenters. The van der Waals surface area contributed by atoms with Crippen LogP contribution in [0.1, 0.15) is 33.3 Å². The number of carbonyl (C=O) groups excluding carboxylic acids is 2. The van der Waals surface area contributed by atoms with Crippen LogP contribution in [0.4, 0.5) is 0 Å². The second kappa shape index (κ2) is 10.9. The van der Waals surface area contributed by atoms with Gasteiger partial charge in [0, 0.05) is 26.6 Å². The lowest BCUT2D eigenvalue weighted by molar-refractivity contribution is -0.142. The maximum Gasteiger partial charge on any atom is 0.261 e. The number of ether oxygens (including phenoxy) is 1. The summed E-state index contributed by atoms with van der Waals surface area (Å²) >= 11 is 21.8. The fourth-order valence-corrected chi connectivity index (χ4v) is 3.90. The predicted octanol–water partition coefficient (Wildman–Crippen LogP) is 6.12. The fraction of sp³-hybridized carbons (Fsp3) is 0.364. The quantitative estimate of drug-likeness (QED) is 0.452. The minimum Gasteiger partial charge on any atom is -0.482 e. The zero-order valence-electron chi connectivity index (χ0n) is 17.6. The molecule has 0 saturated heterocycles. The van der Waals surface area contributed by atoms with E-state index in [4.69, 9.17) is 39.5 Å². The number of hydrogen-bond acceptors (Lipinski definition) is 3. The number of rotatable bonds is 7. The highest BCUT2D eigenvalue weighted by Crippen LogP contribution is 2.28. The van der Waals surface area contributed by atoms with E-state index in [1.54, 1.807) is 43.3 Å². The van der Waals surface area contributed by atoms with Crippen LogP contribution in [-0.2, 0) is 16.1 Å². The van der Waals surface area contributed by atoms with Gasteiger partial charge >= 0.3 is 0 Å². The first kappa shape index (κ1) is 25.8. The van der Waals surface area contributed by atoms with Gasteiger partial charge in [-0.3, -0.25) is 9.59 Å². The summed E-state index contributed by atoms with van der Waals surface area (Å²) in [5.41, 5.74) is 0.218. The van der Waals surface area contributed by atoms with Crippen LogP contribution in [-0.4, -0.2) is 34.9 Å². The van der Waals surface area contributed by atoms with Crippen LogP contribution in [0.5, 0.6) is 5.75 Å². The maximum atomic E-state index is 13.1. The minimum absolute atomic E-state index is 0.116. The molecule has 1 atom stereocenters. The molecular formula is C22H24BrCl3N2O3. The van der Waals surface area contributed by atoms with Gasteiger partial charge in [-0.1, -0.05) is 56.8 Å². The molecule has 2 aromatic carbocycles. The molecule has 2 rings (SSSR count). The van der Waals surface area contributed by atoms with Crippen molar-refractivity contribution in [3.05, 3.63) is 61.5 Å². The molecule has 0 fully saturated rings. The zero-order chi connectivity index (χ0) is 23.3. The molecule has 31 heavy (non-hydrogen) atoms. The molecule has 1 N–H and O–H groups in total. The summed E-state index contributed by atoms with van der Waals surface area (Å²) in [5, 5.41) is 4.16. The Morgan fingerprint density at radius 3 is 2.35 bits per heavy atom. The summed E-state index contributed by atoms with van der Waals surface area (Å²) in [7, 11) is 0. The third-order valence-electron chi connectivity index (χ3n) is 4.27. The van der Waals surface area contributed by atoms with Crippen molar-refractivity contribution in [2.75, 3.05) is 6.61 Å². The Balaban J connectivity index is 2.24. The standard InChI is InChI=1S/C22H24BrCl3N2O3/c1-13(21(30)27-22(2,3)4)28(11-14-5-7-16(24)10-17(14)25)20(29)12-31-19-8-6-15(23)9-18(19)26/h5-10,13H,11-12H2,1-4H3,(H,27,30)/t13-/m0/s1. The summed E-state index contributed by atoms with van der Waals surface area (Å²) in [6.07, 6.45) is 0. The van der Waals surface area contributed by atoms with E-state index in [1.807, 2.05) is 20.8 Å². The number of carbonyl (C=O) groups is 2. The van der Waals surface area contributed by atoms with Crippen LogP contribution in [0.15, 0.2) is 40.9 Å². The first-order chi connectivity index (χ1) is 14.4. The molecule has 0 aliphatic rings. The van der Waals surface area contributed by atoms with Gasteiger partial charge in [0.05, 0.1) is 5.02 Å². The first-order valence-corrected chi connectivity index (χ1v) is 11.4. The van der Waals surface area contributed by atoms with E-state index < -0.39 is 11.6 Å². The van der Waals surface area contributed by atoms with Gasteiger partial charge in [-0.2, -0.15) is 0 Å². The minimum atomic E-state index is -0.762. The lowest BCUT2D eigenvalue weighted by Crippen LogP contribution is -2.53. The van der Waals surface area contributed by atoms with Crippen molar-refractivity contribution in [1.82, 2.24) is 10.2 Å². The lowest BCUT2D eigenvalue weighted by atomic mass is 10.1.